The Morgan fingerprint density at radius 1 is 1.19 bits per heavy atom. The molecular formula is C15H28O. The predicted octanol–water partition coefficient (Wildman–Crippen LogP) is 4.29. The molecule has 16 heavy (non-hydrogen) atoms. The highest BCUT2D eigenvalue weighted by atomic mass is 16.5. The van der Waals surface area contributed by atoms with Crippen LogP contribution in [-0.4, -0.2) is 12.2 Å². The van der Waals surface area contributed by atoms with Crippen molar-refractivity contribution < 1.29 is 4.74 Å². The standard InChI is InChI=1S/C15H28O/c1-9-14(5,6)12-11(13(2,3)4)10-16-15(12,7)8/h9,11-12H,1,10H2,2-8H3/t11-,12+/m0/s1. The average Bonchev–Trinajstić information content (AvgIpc) is 2.41. The highest BCUT2D eigenvalue weighted by molar-refractivity contribution is 5.06. The van der Waals surface area contributed by atoms with Gasteiger partial charge in [-0.2, -0.15) is 0 Å². The molecule has 0 N–H and O–H groups in total. The molecule has 1 heteroatoms. The van der Waals surface area contributed by atoms with Crippen LogP contribution in [0.25, 0.3) is 0 Å². The first-order chi connectivity index (χ1) is 7.02. The number of hydrogen-bond acceptors (Lipinski definition) is 1. The first kappa shape index (κ1) is 13.8. The van der Waals surface area contributed by atoms with Crippen LogP contribution in [0.2, 0.25) is 0 Å². The van der Waals surface area contributed by atoms with Gasteiger partial charge in [-0.05, 0) is 30.6 Å². The van der Waals surface area contributed by atoms with Crippen LogP contribution in [0, 0.1) is 22.7 Å². The maximum Gasteiger partial charge on any atom is 0.0666 e. The molecule has 0 aromatic rings. The van der Waals surface area contributed by atoms with Crippen molar-refractivity contribution in [3.05, 3.63) is 12.7 Å². The lowest BCUT2D eigenvalue weighted by Crippen LogP contribution is -2.43. The van der Waals surface area contributed by atoms with Crippen molar-refractivity contribution in [2.75, 3.05) is 6.61 Å². The summed E-state index contributed by atoms with van der Waals surface area (Å²) >= 11 is 0. The molecule has 0 radical (unpaired) electrons. The van der Waals surface area contributed by atoms with Gasteiger partial charge < -0.3 is 4.74 Å². The van der Waals surface area contributed by atoms with Gasteiger partial charge in [-0.25, -0.2) is 0 Å². The van der Waals surface area contributed by atoms with Crippen molar-refractivity contribution in [1.82, 2.24) is 0 Å². The van der Waals surface area contributed by atoms with Crippen LogP contribution in [-0.2, 0) is 4.74 Å². The van der Waals surface area contributed by atoms with E-state index in [4.69, 9.17) is 4.74 Å². The molecule has 0 saturated carbocycles. The third-order valence-corrected chi connectivity index (χ3v) is 4.23. The van der Waals surface area contributed by atoms with Gasteiger partial charge in [0, 0.05) is 5.92 Å². The number of allylic oxidation sites excluding steroid dienone is 1. The van der Waals surface area contributed by atoms with Gasteiger partial charge in [0.25, 0.3) is 0 Å². The lowest BCUT2D eigenvalue weighted by molar-refractivity contribution is -0.0145. The maximum absolute atomic E-state index is 6.03. The molecule has 0 amide bonds. The summed E-state index contributed by atoms with van der Waals surface area (Å²) < 4.78 is 6.03. The van der Waals surface area contributed by atoms with E-state index in [0.717, 1.165) is 6.61 Å². The second kappa shape index (κ2) is 3.87. The maximum atomic E-state index is 6.03. The summed E-state index contributed by atoms with van der Waals surface area (Å²) in [5, 5.41) is 0. The molecular weight excluding hydrogens is 196 g/mol. The molecule has 1 aliphatic heterocycles. The molecule has 1 rings (SSSR count). The Morgan fingerprint density at radius 3 is 2.06 bits per heavy atom. The minimum absolute atomic E-state index is 0.0460. The first-order valence-corrected chi connectivity index (χ1v) is 6.30. The molecule has 94 valence electrons. The van der Waals surface area contributed by atoms with E-state index >= 15 is 0 Å². The Kier molecular flexibility index (Phi) is 3.33. The first-order valence-electron chi connectivity index (χ1n) is 6.30. The van der Waals surface area contributed by atoms with Crippen LogP contribution in [0.3, 0.4) is 0 Å². The minimum Gasteiger partial charge on any atom is -0.375 e. The Labute approximate surface area is 101 Å². The van der Waals surface area contributed by atoms with Crippen LogP contribution in [0.15, 0.2) is 12.7 Å². The van der Waals surface area contributed by atoms with E-state index in [1.807, 2.05) is 0 Å². The monoisotopic (exact) mass is 224 g/mol. The molecule has 0 aliphatic carbocycles. The van der Waals surface area contributed by atoms with E-state index in [2.05, 4.69) is 61.1 Å². The lowest BCUT2D eigenvalue weighted by Gasteiger charge is -2.43. The number of rotatable bonds is 2. The van der Waals surface area contributed by atoms with E-state index in [-0.39, 0.29) is 11.0 Å². The number of ether oxygens (including phenoxy) is 1. The van der Waals surface area contributed by atoms with E-state index in [0.29, 0.717) is 17.3 Å². The molecule has 1 aliphatic rings. The van der Waals surface area contributed by atoms with E-state index in [9.17, 15) is 0 Å². The van der Waals surface area contributed by atoms with Crippen molar-refractivity contribution in [2.24, 2.45) is 22.7 Å². The molecule has 0 spiro atoms. The number of hydrogen-bond donors (Lipinski definition) is 0. The zero-order chi connectivity index (χ0) is 12.8. The van der Waals surface area contributed by atoms with Gasteiger partial charge in [-0.15, -0.1) is 6.58 Å². The zero-order valence-electron chi connectivity index (χ0n) is 12.1. The summed E-state index contributed by atoms with van der Waals surface area (Å²) in [6.45, 7) is 20.8. The summed E-state index contributed by atoms with van der Waals surface area (Å²) in [6.07, 6.45) is 2.09. The van der Waals surface area contributed by atoms with Gasteiger partial charge in [0.2, 0.25) is 0 Å². The lowest BCUT2D eigenvalue weighted by atomic mass is 9.60. The summed E-state index contributed by atoms with van der Waals surface area (Å²) in [6, 6.07) is 0. The topological polar surface area (TPSA) is 9.23 Å². The Bertz CT molecular complexity index is 268. The molecule has 1 nitrogen and oxygen atoms in total. The second-order valence-electron chi connectivity index (χ2n) is 7.39. The molecule has 0 aromatic carbocycles. The summed E-state index contributed by atoms with van der Waals surface area (Å²) in [4.78, 5) is 0. The van der Waals surface area contributed by atoms with Crippen molar-refractivity contribution in [1.29, 1.82) is 0 Å². The Morgan fingerprint density at radius 2 is 1.69 bits per heavy atom. The van der Waals surface area contributed by atoms with Crippen LogP contribution < -0.4 is 0 Å². The highest BCUT2D eigenvalue weighted by Crippen LogP contribution is 2.52. The van der Waals surface area contributed by atoms with Crippen LogP contribution in [0.5, 0.6) is 0 Å². The van der Waals surface area contributed by atoms with Crippen molar-refractivity contribution in [3.63, 3.8) is 0 Å². The van der Waals surface area contributed by atoms with Crippen LogP contribution in [0.4, 0.5) is 0 Å². The third-order valence-electron chi connectivity index (χ3n) is 4.23. The fourth-order valence-electron chi connectivity index (χ4n) is 3.27. The molecule has 1 saturated heterocycles. The van der Waals surface area contributed by atoms with Gasteiger partial charge in [0.05, 0.1) is 12.2 Å². The second-order valence-corrected chi connectivity index (χ2v) is 7.39. The summed E-state index contributed by atoms with van der Waals surface area (Å²) in [7, 11) is 0. The van der Waals surface area contributed by atoms with Gasteiger partial charge in [-0.3, -0.25) is 0 Å². The third kappa shape index (κ3) is 2.34. The quantitative estimate of drug-likeness (QED) is 0.636. The summed E-state index contributed by atoms with van der Waals surface area (Å²) in [5.74, 6) is 1.12. The van der Waals surface area contributed by atoms with Crippen LogP contribution in [0.1, 0.15) is 48.5 Å². The SMILES string of the molecule is C=CC(C)(C)[C@H]1[C@@H](C(C)(C)C)COC1(C)C. The van der Waals surface area contributed by atoms with E-state index in [1.165, 1.54) is 0 Å². The Balaban J connectivity index is 3.11. The van der Waals surface area contributed by atoms with Gasteiger partial charge in [-0.1, -0.05) is 40.7 Å². The molecule has 0 aromatic heterocycles. The zero-order valence-corrected chi connectivity index (χ0v) is 12.1. The highest BCUT2D eigenvalue weighted by Gasteiger charge is 2.52. The average molecular weight is 224 g/mol. The van der Waals surface area contributed by atoms with Crippen LogP contribution >= 0.6 is 0 Å². The predicted molar refractivity (Wildman–Crippen MR) is 70.4 cm³/mol. The largest absolute Gasteiger partial charge is 0.375 e. The fourth-order valence-corrected chi connectivity index (χ4v) is 3.27. The van der Waals surface area contributed by atoms with Crippen molar-refractivity contribution in [3.8, 4) is 0 Å². The van der Waals surface area contributed by atoms with Gasteiger partial charge in [0.15, 0.2) is 0 Å². The normalized spacial score (nSPS) is 30.4. The molecule has 1 heterocycles. The van der Waals surface area contributed by atoms with E-state index < -0.39 is 0 Å². The van der Waals surface area contributed by atoms with Crippen molar-refractivity contribution in [2.45, 2.75) is 54.1 Å². The van der Waals surface area contributed by atoms with Gasteiger partial charge >= 0.3 is 0 Å². The minimum atomic E-state index is -0.0460. The summed E-state index contributed by atoms with van der Waals surface area (Å²) in [5.41, 5.74) is 0.367. The fraction of sp³-hybridized carbons (Fsp3) is 0.867. The van der Waals surface area contributed by atoms with Gasteiger partial charge in [0.1, 0.15) is 0 Å². The molecule has 1 fully saturated rings. The smallest absolute Gasteiger partial charge is 0.0666 e. The molecule has 0 unspecified atom stereocenters. The van der Waals surface area contributed by atoms with E-state index in [1.54, 1.807) is 0 Å². The Hall–Kier alpha value is -0.300. The molecule has 2 atom stereocenters. The van der Waals surface area contributed by atoms with Crippen molar-refractivity contribution >= 4 is 0 Å². The molecule has 0 bridgehead atoms.